The number of anilines is 2. The van der Waals surface area contributed by atoms with Crippen LogP contribution in [-0.4, -0.2) is 50.7 Å². The van der Waals surface area contributed by atoms with Crippen molar-refractivity contribution in [3.8, 4) is 17.0 Å². The van der Waals surface area contributed by atoms with Crippen LogP contribution in [0.3, 0.4) is 0 Å². The van der Waals surface area contributed by atoms with Gasteiger partial charge in [0.05, 0.1) is 29.6 Å². The molecule has 1 atom stereocenters. The highest BCUT2D eigenvalue weighted by molar-refractivity contribution is 7.79. The molecule has 0 fully saturated rings. The molecule has 10 heteroatoms. The molecule has 3 rings (SSSR count). The fourth-order valence-corrected chi connectivity index (χ4v) is 3.39. The second-order valence-corrected chi connectivity index (χ2v) is 7.92. The van der Waals surface area contributed by atoms with E-state index < -0.39 is 17.0 Å². The highest BCUT2D eigenvalue weighted by Gasteiger charge is 2.18. The number of aromatic nitrogens is 2. The summed E-state index contributed by atoms with van der Waals surface area (Å²) in [6.45, 7) is 0.638. The molecular formula is C21H23N5O4S. The molecule has 0 spiro atoms. The number of carbonyl (C=O) groups is 1. The summed E-state index contributed by atoms with van der Waals surface area (Å²) < 4.78 is 25.8. The number of hydrogen-bond acceptors (Lipinski definition) is 7. The normalized spacial score (nSPS) is 11.9. The summed E-state index contributed by atoms with van der Waals surface area (Å²) in [6.07, 6.45) is 1.44. The van der Waals surface area contributed by atoms with E-state index in [2.05, 4.69) is 15.3 Å². The van der Waals surface area contributed by atoms with E-state index in [0.29, 0.717) is 29.2 Å². The average Bonchev–Trinajstić information content (AvgIpc) is 2.74. The van der Waals surface area contributed by atoms with E-state index in [4.69, 9.17) is 15.0 Å². The van der Waals surface area contributed by atoms with Crippen LogP contribution in [0.25, 0.3) is 11.3 Å². The van der Waals surface area contributed by atoms with Gasteiger partial charge >= 0.3 is 0 Å². The van der Waals surface area contributed by atoms with Gasteiger partial charge in [-0.25, -0.2) is 14.2 Å². The number of ether oxygens (including phenoxy) is 1. The molecule has 3 aromatic rings. The van der Waals surface area contributed by atoms with Crippen LogP contribution in [0.15, 0.2) is 53.6 Å². The second-order valence-electron chi connectivity index (χ2n) is 6.95. The summed E-state index contributed by atoms with van der Waals surface area (Å²) in [7, 11) is 5.43. The molecule has 0 aliphatic heterocycles. The van der Waals surface area contributed by atoms with Crippen molar-refractivity contribution in [2.24, 2.45) is 0 Å². The van der Waals surface area contributed by atoms with Gasteiger partial charge in [-0.05, 0) is 32.3 Å². The van der Waals surface area contributed by atoms with Gasteiger partial charge in [0.25, 0.3) is 5.91 Å². The fourth-order valence-electron chi connectivity index (χ4n) is 3.02. The van der Waals surface area contributed by atoms with Gasteiger partial charge in [0.1, 0.15) is 5.75 Å². The Labute approximate surface area is 182 Å². The number of para-hydroxylation sites is 1. The Balaban J connectivity index is 1.91. The summed E-state index contributed by atoms with van der Waals surface area (Å²) in [5.74, 6) is 0.0119. The number of carbonyl (C=O) groups excluding carboxylic acids is 1. The second kappa shape index (κ2) is 9.65. The number of nitrogens with zero attached hydrogens (tertiary/aromatic N) is 3. The van der Waals surface area contributed by atoms with Crippen molar-refractivity contribution in [1.29, 1.82) is 0 Å². The van der Waals surface area contributed by atoms with E-state index in [0.717, 1.165) is 5.56 Å². The number of nitrogens with two attached hydrogens (primary N) is 1. The van der Waals surface area contributed by atoms with Crippen LogP contribution >= 0.6 is 0 Å². The highest BCUT2D eigenvalue weighted by Crippen LogP contribution is 2.30. The Hall–Kier alpha value is -3.34. The predicted molar refractivity (Wildman–Crippen MR) is 119 cm³/mol. The molecule has 1 unspecified atom stereocenters. The smallest absolute Gasteiger partial charge is 0.278 e. The largest absolute Gasteiger partial charge is 0.494 e. The number of nitrogens with one attached hydrogen (secondary N) is 1. The summed E-state index contributed by atoms with van der Waals surface area (Å²) in [5.41, 5.74) is 8.31. The Morgan fingerprint density at radius 1 is 1.23 bits per heavy atom. The van der Waals surface area contributed by atoms with Crippen LogP contribution in [-0.2, 0) is 17.6 Å². The highest BCUT2D eigenvalue weighted by atomic mass is 32.2. The van der Waals surface area contributed by atoms with Crippen molar-refractivity contribution in [3.63, 3.8) is 0 Å². The first-order valence-corrected chi connectivity index (χ1v) is 10.4. The summed E-state index contributed by atoms with van der Waals surface area (Å²) in [4.78, 5) is 23.6. The van der Waals surface area contributed by atoms with Crippen LogP contribution < -0.4 is 15.8 Å². The third kappa shape index (κ3) is 5.23. The van der Waals surface area contributed by atoms with Crippen molar-refractivity contribution in [2.75, 3.05) is 32.3 Å². The van der Waals surface area contributed by atoms with Crippen LogP contribution in [0, 0.1) is 0 Å². The van der Waals surface area contributed by atoms with E-state index in [1.54, 1.807) is 25.3 Å². The molecule has 4 N–H and O–H groups in total. The monoisotopic (exact) mass is 441 g/mol. The maximum atomic E-state index is 12.9. The average molecular weight is 442 g/mol. The van der Waals surface area contributed by atoms with Gasteiger partial charge in [0.15, 0.2) is 22.6 Å². The molecule has 2 aromatic carbocycles. The number of rotatable bonds is 7. The van der Waals surface area contributed by atoms with Gasteiger partial charge in [0, 0.05) is 17.7 Å². The molecule has 9 nitrogen and oxygen atoms in total. The van der Waals surface area contributed by atoms with Crippen molar-refractivity contribution in [3.05, 3.63) is 59.9 Å². The maximum Gasteiger partial charge on any atom is 0.278 e. The zero-order valence-corrected chi connectivity index (χ0v) is 18.1. The molecule has 0 aliphatic rings. The van der Waals surface area contributed by atoms with Gasteiger partial charge in [-0.3, -0.25) is 4.79 Å². The topological polar surface area (TPSA) is 131 Å². The minimum atomic E-state index is -2.08. The number of methoxy groups -OCH3 is 1. The van der Waals surface area contributed by atoms with E-state index in [1.807, 2.05) is 31.1 Å². The summed E-state index contributed by atoms with van der Waals surface area (Å²) in [5, 5.41) is 2.80. The molecule has 0 radical (unpaired) electrons. The van der Waals surface area contributed by atoms with E-state index in [1.165, 1.54) is 18.3 Å². The van der Waals surface area contributed by atoms with Gasteiger partial charge in [-0.15, -0.1) is 0 Å². The van der Waals surface area contributed by atoms with Gasteiger partial charge < -0.3 is 25.2 Å². The van der Waals surface area contributed by atoms with E-state index in [-0.39, 0.29) is 16.4 Å². The standard InChI is InChI=1S/C21H23N5O4S/c1-26(2)12-14-5-4-6-16(19(14)30-3)25-21(27)18-20(22)23-11-17(24-18)13-7-9-15(10-8-13)31(28)29/h4-11H,12H2,1-3H3,(H2,22,23)(H,25,27)(H,28,29). The molecule has 0 aliphatic carbocycles. The SMILES string of the molecule is COc1c(CN(C)C)cccc1NC(=O)c1nc(-c2ccc(S(=O)O)cc2)cnc1N. The number of hydrogen-bond donors (Lipinski definition) is 3. The number of nitrogen functional groups attached to an aromatic ring is 1. The van der Waals surface area contributed by atoms with E-state index in [9.17, 15) is 9.00 Å². The quantitative estimate of drug-likeness (QED) is 0.477. The molecular weight excluding hydrogens is 418 g/mol. The molecule has 1 heterocycles. The van der Waals surface area contributed by atoms with Crippen LogP contribution in [0.4, 0.5) is 11.5 Å². The molecule has 0 saturated carbocycles. The van der Waals surface area contributed by atoms with Crippen molar-refractivity contribution in [1.82, 2.24) is 14.9 Å². The minimum Gasteiger partial charge on any atom is -0.494 e. The fraction of sp³-hybridized carbons (Fsp3) is 0.190. The Morgan fingerprint density at radius 2 is 1.94 bits per heavy atom. The molecule has 162 valence electrons. The minimum absolute atomic E-state index is 0.0160. The third-order valence-corrected chi connectivity index (χ3v) is 5.08. The first kappa shape index (κ1) is 22.3. The number of amides is 1. The molecule has 1 amide bonds. The lowest BCUT2D eigenvalue weighted by atomic mass is 10.1. The maximum absolute atomic E-state index is 12.9. The lowest BCUT2D eigenvalue weighted by Gasteiger charge is -2.17. The molecule has 1 aromatic heterocycles. The number of benzene rings is 2. The molecule has 0 saturated heterocycles. The Bertz CT molecular complexity index is 1120. The van der Waals surface area contributed by atoms with Gasteiger partial charge in [-0.1, -0.05) is 24.3 Å². The molecule has 31 heavy (non-hydrogen) atoms. The first-order chi connectivity index (χ1) is 14.8. The first-order valence-electron chi connectivity index (χ1n) is 9.26. The van der Waals surface area contributed by atoms with Crippen molar-refractivity contribution >= 4 is 28.5 Å². The zero-order valence-electron chi connectivity index (χ0n) is 17.3. The third-order valence-electron chi connectivity index (χ3n) is 4.40. The summed E-state index contributed by atoms with van der Waals surface area (Å²) >= 11 is -2.08. The van der Waals surface area contributed by atoms with Crippen molar-refractivity contribution < 1.29 is 18.3 Å². The lowest BCUT2D eigenvalue weighted by Crippen LogP contribution is -2.18. The summed E-state index contributed by atoms with van der Waals surface area (Å²) in [6, 6.07) is 11.7. The van der Waals surface area contributed by atoms with Crippen LogP contribution in [0.2, 0.25) is 0 Å². The molecule has 0 bridgehead atoms. The Kier molecular flexibility index (Phi) is 6.95. The lowest BCUT2D eigenvalue weighted by molar-refractivity contribution is 0.102. The van der Waals surface area contributed by atoms with Crippen molar-refractivity contribution in [2.45, 2.75) is 11.4 Å². The van der Waals surface area contributed by atoms with E-state index >= 15 is 0 Å². The van der Waals surface area contributed by atoms with Crippen LogP contribution in [0.1, 0.15) is 16.1 Å². The zero-order chi connectivity index (χ0) is 22.5. The Morgan fingerprint density at radius 3 is 2.55 bits per heavy atom. The predicted octanol–water partition coefficient (Wildman–Crippen LogP) is 2.63. The van der Waals surface area contributed by atoms with Crippen LogP contribution in [0.5, 0.6) is 5.75 Å². The van der Waals surface area contributed by atoms with Gasteiger partial charge in [0.2, 0.25) is 0 Å². The van der Waals surface area contributed by atoms with Gasteiger partial charge in [-0.2, -0.15) is 0 Å².